The Kier molecular flexibility index (Phi) is 16.1. The van der Waals surface area contributed by atoms with Gasteiger partial charge in [0.25, 0.3) is 0 Å². The van der Waals surface area contributed by atoms with Crippen molar-refractivity contribution in [1.82, 2.24) is 5.32 Å². The van der Waals surface area contributed by atoms with Crippen molar-refractivity contribution < 1.29 is 39.2 Å². The number of phenols is 1. The van der Waals surface area contributed by atoms with Crippen LogP contribution in [0.5, 0.6) is 5.75 Å². The maximum atomic E-state index is 13.1. The van der Waals surface area contributed by atoms with Gasteiger partial charge < -0.3 is 40.3 Å². The molecule has 0 aliphatic carbocycles. The third-order valence-electron chi connectivity index (χ3n) is 6.76. The van der Waals surface area contributed by atoms with E-state index in [1.54, 1.807) is 24.3 Å². The summed E-state index contributed by atoms with van der Waals surface area (Å²) in [6, 6.07) is 15.5. The highest BCUT2D eigenvalue weighted by atomic mass is 35.5. The molecular formula is C33H41Cl2N3O8. The van der Waals surface area contributed by atoms with Gasteiger partial charge in [-0.3, -0.25) is 0 Å². The maximum absolute atomic E-state index is 13.1. The van der Waals surface area contributed by atoms with Crippen LogP contribution in [0.15, 0.2) is 60.7 Å². The lowest BCUT2D eigenvalue weighted by Crippen LogP contribution is -2.36. The lowest BCUT2D eigenvalue weighted by atomic mass is 10.1. The van der Waals surface area contributed by atoms with Crippen LogP contribution in [-0.4, -0.2) is 60.2 Å². The molecule has 46 heavy (non-hydrogen) atoms. The van der Waals surface area contributed by atoms with Crippen molar-refractivity contribution in [2.24, 2.45) is 0 Å². The fraction of sp³-hybridized carbons (Fsp3) is 0.394. The number of para-hydroxylation sites is 1. The van der Waals surface area contributed by atoms with E-state index >= 15 is 0 Å². The smallest absolute Gasteiger partial charge is 0.359 e. The number of ether oxygens (including phenoxy) is 2. The summed E-state index contributed by atoms with van der Waals surface area (Å²) in [4.78, 5) is 29.9. The first kappa shape index (κ1) is 37.0. The molecule has 0 heterocycles. The summed E-state index contributed by atoms with van der Waals surface area (Å²) in [5, 5.41) is 36.5. The minimum absolute atomic E-state index is 0.0148. The maximum Gasteiger partial charge on any atom is 0.359 e. The van der Waals surface area contributed by atoms with Gasteiger partial charge in [-0.15, -0.1) is 5.06 Å². The van der Waals surface area contributed by atoms with Gasteiger partial charge in [0.15, 0.2) is 0 Å². The number of amides is 2. The first-order valence-corrected chi connectivity index (χ1v) is 15.7. The van der Waals surface area contributed by atoms with E-state index in [1.165, 1.54) is 31.2 Å². The highest BCUT2D eigenvalue weighted by Crippen LogP contribution is 2.27. The minimum Gasteiger partial charge on any atom is -0.508 e. The Bertz CT molecular complexity index is 1390. The number of hydrogen-bond acceptors (Lipinski definition) is 9. The molecule has 3 rings (SSSR count). The molecule has 2 amide bonds. The second-order valence-corrected chi connectivity index (χ2v) is 11.3. The second kappa shape index (κ2) is 20.0. The highest BCUT2D eigenvalue weighted by Gasteiger charge is 2.22. The van der Waals surface area contributed by atoms with Gasteiger partial charge in [-0.2, -0.15) is 0 Å². The minimum atomic E-state index is -0.718. The average Bonchev–Trinajstić information content (AvgIpc) is 3.02. The molecular weight excluding hydrogens is 637 g/mol. The molecule has 5 N–H and O–H groups in total. The Labute approximate surface area is 278 Å². The lowest BCUT2D eigenvalue weighted by molar-refractivity contribution is -0.141. The largest absolute Gasteiger partial charge is 0.508 e. The molecule has 13 heteroatoms. The molecule has 250 valence electrons. The summed E-state index contributed by atoms with van der Waals surface area (Å²) in [5.41, 5.74) is 2.44. The number of rotatable bonds is 18. The van der Waals surface area contributed by atoms with E-state index in [0.717, 1.165) is 42.9 Å². The molecule has 0 saturated carbocycles. The summed E-state index contributed by atoms with van der Waals surface area (Å²) < 4.78 is 11.4. The Morgan fingerprint density at radius 2 is 1.61 bits per heavy atom. The molecule has 3 aromatic rings. The molecule has 0 unspecified atom stereocenters. The normalized spacial score (nSPS) is 11.7. The fourth-order valence-corrected chi connectivity index (χ4v) is 4.95. The first-order chi connectivity index (χ1) is 22.2. The molecule has 1 atom stereocenters. The number of nitrogens with one attached hydrogen (secondary N) is 2. The Morgan fingerprint density at radius 1 is 0.891 bits per heavy atom. The highest BCUT2D eigenvalue weighted by molar-refractivity contribution is 6.35. The summed E-state index contributed by atoms with van der Waals surface area (Å²) in [7, 11) is 0. The zero-order chi connectivity index (χ0) is 33.3. The number of carbonyl (C=O) groups excluding carboxylic acids is 2. The van der Waals surface area contributed by atoms with Gasteiger partial charge in [-0.1, -0.05) is 60.3 Å². The van der Waals surface area contributed by atoms with Crippen LogP contribution in [0, 0.1) is 0 Å². The van der Waals surface area contributed by atoms with Crippen LogP contribution in [0.2, 0.25) is 10.0 Å². The molecule has 0 aliphatic rings. The van der Waals surface area contributed by atoms with Crippen molar-refractivity contribution in [3.05, 3.63) is 87.4 Å². The van der Waals surface area contributed by atoms with E-state index in [2.05, 4.69) is 10.6 Å². The molecule has 0 spiro atoms. The Morgan fingerprint density at radius 3 is 2.35 bits per heavy atom. The average molecular weight is 679 g/mol. The number of aliphatic hydroxyl groups is 2. The van der Waals surface area contributed by atoms with Gasteiger partial charge in [-0.05, 0) is 61.3 Å². The number of hydrogen-bond donors (Lipinski definition) is 5. The molecule has 0 bridgehead atoms. The molecule has 3 aromatic carbocycles. The number of aliphatic hydroxyl groups excluding tert-OH is 2. The van der Waals surface area contributed by atoms with Crippen LogP contribution in [0.4, 0.5) is 16.2 Å². The SMILES string of the molecule is CC(=O)ON(C(=O)Nc1ccccc1COCCOCCCCCCNC[C@@H](O)c1ccc(O)c(CO)c1)c1cc(Cl)cc(Cl)c1. The van der Waals surface area contributed by atoms with Crippen molar-refractivity contribution >= 4 is 46.6 Å². The van der Waals surface area contributed by atoms with Crippen molar-refractivity contribution in [2.45, 2.75) is 51.9 Å². The number of nitrogens with zero attached hydrogens (tertiary/aromatic N) is 1. The molecule has 0 aliphatic heterocycles. The van der Waals surface area contributed by atoms with E-state index in [0.29, 0.717) is 43.2 Å². The summed E-state index contributed by atoms with van der Waals surface area (Å²) in [5.74, 6) is -0.682. The van der Waals surface area contributed by atoms with Crippen molar-refractivity contribution in [3.63, 3.8) is 0 Å². The number of carbonyl (C=O) groups is 2. The van der Waals surface area contributed by atoms with Gasteiger partial charge in [-0.25, -0.2) is 9.59 Å². The number of aromatic hydroxyl groups is 1. The predicted octanol–water partition coefficient (Wildman–Crippen LogP) is 6.12. The molecule has 11 nitrogen and oxygen atoms in total. The van der Waals surface area contributed by atoms with Gasteiger partial charge >= 0.3 is 12.0 Å². The second-order valence-electron chi connectivity index (χ2n) is 10.4. The zero-order valence-electron chi connectivity index (χ0n) is 25.7. The van der Waals surface area contributed by atoms with E-state index in [4.69, 9.17) is 37.5 Å². The fourth-order valence-electron chi connectivity index (χ4n) is 4.44. The van der Waals surface area contributed by atoms with Crippen LogP contribution < -0.4 is 15.7 Å². The van der Waals surface area contributed by atoms with E-state index in [1.807, 2.05) is 12.1 Å². The van der Waals surface area contributed by atoms with Crippen molar-refractivity contribution in [1.29, 1.82) is 0 Å². The van der Waals surface area contributed by atoms with E-state index < -0.39 is 18.1 Å². The van der Waals surface area contributed by atoms with E-state index in [9.17, 15) is 24.9 Å². The predicted molar refractivity (Wildman–Crippen MR) is 177 cm³/mol. The topological polar surface area (TPSA) is 150 Å². The number of hydroxylamine groups is 1. The van der Waals surface area contributed by atoms with E-state index in [-0.39, 0.29) is 34.7 Å². The van der Waals surface area contributed by atoms with Gasteiger partial charge in [0, 0.05) is 46.9 Å². The molecule has 0 saturated heterocycles. The number of urea groups is 1. The quantitative estimate of drug-likeness (QED) is 0.0792. The Hall–Kier alpha value is -3.42. The third kappa shape index (κ3) is 12.8. The van der Waals surface area contributed by atoms with Crippen LogP contribution in [0.25, 0.3) is 0 Å². The van der Waals surface area contributed by atoms with Crippen LogP contribution >= 0.6 is 23.2 Å². The van der Waals surface area contributed by atoms with Crippen molar-refractivity contribution in [2.75, 3.05) is 43.3 Å². The van der Waals surface area contributed by atoms with Crippen LogP contribution in [-0.2, 0) is 32.3 Å². The first-order valence-electron chi connectivity index (χ1n) is 15.0. The molecule has 0 aromatic heterocycles. The number of halogens is 2. The summed E-state index contributed by atoms with van der Waals surface area (Å²) in [6.07, 6.45) is 3.21. The van der Waals surface area contributed by atoms with Gasteiger partial charge in [0.05, 0.1) is 38.2 Å². The number of unbranched alkanes of at least 4 members (excludes halogenated alkanes) is 3. The lowest BCUT2D eigenvalue weighted by Gasteiger charge is -2.22. The number of anilines is 2. The third-order valence-corrected chi connectivity index (χ3v) is 7.20. The summed E-state index contributed by atoms with van der Waals surface area (Å²) >= 11 is 12.1. The molecule has 0 fully saturated rings. The van der Waals surface area contributed by atoms with Gasteiger partial charge in [0.2, 0.25) is 0 Å². The van der Waals surface area contributed by atoms with Crippen LogP contribution in [0.3, 0.4) is 0 Å². The van der Waals surface area contributed by atoms with Crippen LogP contribution in [0.1, 0.15) is 55.4 Å². The zero-order valence-corrected chi connectivity index (χ0v) is 27.2. The summed E-state index contributed by atoms with van der Waals surface area (Å²) in [6.45, 7) is 3.71. The van der Waals surface area contributed by atoms with Gasteiger partial charge in [0.1, 0.15) is 5.75 Å². The Balaban J connectivity index is 1.29. The monoisotopic (exact) mass is 677 g/mol. The van der Waals surface area contributed by atoms with Crippen molar-refractivity contribution in [3.8, 4) is 5.75 Å². The standard InChI is InChI=1S/C33H41Cl2N3O8/c1-23(40)46-38(29-18-27(34)17-28(35)19-29)33(43)37-30-9-5-4-8-25(30)22-45-15-14-44-13-7-3-2-6-12-36-20-32(42)24-10-11-31(41)26(16-24)21-39/h4-5,8-11,16-19,32,36,39,41-42H,2-3,6-7,12-15,20-22H2,1H3,(H,37,43)/t32-/m1/s1. The number of benzene rings is 3. The molecule has 0 radical (unpaired) electrons.